The molecule has 0 saturated carbocycles. The van der Waals surface area contributed by atoms with Crippen molar-refractivity contribution in [3.8, 4) is 0 Å². The van der Waals surface area contributed by atoms with Gasteiger partial charge in [-0.15, -0.1) is 22.7 Å². The van der Waals surface area contributed by atoms with Gasteiger partial charge in [-0.1, -0.05) is 23.4 Å². The predicted molar refractivity (Wildman–Crippen MR) is 76.3 cm³/mol. The Morgan fingerprint density at radius 1 is 1.24 bits per heavy atom. The van der Waals surface area contributed by atoms with Crippen molar-refractivity contribution in [2.75, 3.05) is 0 Å². The lowest BCUT2D eigenvalue weighted by Crippen LogP contribution is -1.83. The Bertz CT molecular complexity index is 647. The van der Waals surface area contributed by atoms with Crippen LogP contribution in [-0.4, -0.2) is 9.97 Å². The Morgan fingerprint density at radius 2 is 2.18 bits per heavy atom. The number of thioether (sulfide) groups is 1. The van der Waals surface area contributed by atoms with Crippen molar-refractivity contribution >= 4 is 56.3 Å². The molecule has 3 heterocycles. The second-order valence-electron chi connectivity index (χ2n) is 3.31. The fraction of sp³-hybridized carbons (Fsp3) is 0.0909. The average Bonchev–Trinajstić information content (AvgIpc) is 2.94. The van der Waals surface area contributed by atoms with Gasteiger partial charge in [0.1, 0.15) is 11.4 Å². The normalized spacial score (nSPS) is 11.1. The number of aromatic nitrogens is 2. The monoisotopic (exact) mass is 298 g/mol. The molecular formula is C11H7ClN2S3. The van der Waals surface area contributed by atoms with E-state index in [1.165, 1.54) is 9.58 Å². The van der Waals surface area contributed by atoms with Crippen LogP contribution in [-0.2, 0) is 5.75 Å². The van der Waals surface area contributed by atoms with Gasteiger partial charge in [0.25, 0.3) is 0 Å². The first kappa shape index (κ1) is 11.5. The summed E-state index contributed by atoms with van der Waals surface area (Å²) >= 11 is 10.9. The molecule has 3 rings (SSSR count). The number of nitrogens with zero attached hydrogens (tertiary/aromatic N) is 2. The van der Waals surface area contributed by atoms with Crippen molar-refractivity contribution in [3.63, 3.8) is 0 Å². The van der Waals surface area contributed by atoms with Crippen LogP contribution in [0.4, 0.5) is 0 Å². The van der Waals surface area contributed by atoms with Crippen LogP contribution in [0.1, 0.15) is 4.88 Å². The van der Waals surface area contributed by atoms with Gasteiger partial charge in [-0.3, -0.25) is 0 Å². The van der Waals surface area contributed by atoms with Gasteiger partial charge in [-0.05, 0) is 23.6 Å². The third kappa shape index (κ3) is 2.47. The van der Waals surface area contributed by atoms with E-state index in [0.29, 0.717) is 0 Å². The van der Waals surface area contributed by atoms with E-state index in [4.69, 9.17) is 11.6 Å². The first-order valence-corrected chi connectivity index (χ1v) is 7.94. The number of fused-ring (bicyclic) bond motifs is 1. The first-order valence-electron chi connectivity index (χ1n) is 4.88. The highest BCUT2D eigenvalue weighted by atomic mass is 35.5. The average molecular weight is 299 g/mol. The van der Waals surface area contributed by atoms with E-state index >= 15 is 0 Å². The van der Waals surface area contributed by atoms with Gasteiger partial charge in [0, 0.05) is 10.6 Å². The number of hydrogen-bond acceptors (Lipinski definition) is 5. The smallest absolute Gasteiger partial charge is 0.118 e. The molecule has 0 aromatic carbocycles. The summed E-state index contributed by atoms with van der Waals surface area (Å²) in [4.78, 5) is 9.83. The zero-order valence-electron chi connectivity index (χ0n) is 8.59. The van der Waals surface area contributed by atoms with E-state index in [2.05, 4.69) is 16.0 Å². The molecule has 0 amide bonds. The van der Waals surface area contributed by atoms with Crippen molar-refractivity contribution < 1.29 is 0 Å². The van der Waals surface area contributed by atoms with Crippen LogP contribution in [0.15, 0.2) is 34.9 Å². The van der Waals surface area contributed by atoms with E-state index in [1.54, 1.807) is 40.8 Å². The third-order valence-corrected chi connectivity index (χ3v) is 5.68. The zero-order valence-corrected chi connectivity index (χ0v) is 11.8. The largest absolute Gasteiger partial charge is 0.235 e. The molecular weight excluding hydrogens is 292 g/mol. The Hall–Kier alpha value is -0.620. The van der Waals surface area contributed by atoms with E-state index < -0.39 is 0 Å². The molecule has 0 fully saturated rings. The molecule has 0 aliphatic heterocycles. The molecule has 86 valence electrons. The fourth-order valence-electron chi connectivity index (χ4n) is 1.44. The van der Waals surface area contributed by atoms with Crippen molar-refractivity contribution in [1.29, 1.82) is 0 Å². The molecule has 0 aliphatic rings. The Morgan fingerprint density at radius 3 is 3.00 bits per heavy atom. The van der Waals surface area contributed by atoms with Crippen LogP contribution in [0.3, 0.4) is 0 Å². The second kappa shape index (κ2) is 4.94. The van der Waals surface area contributed by atoms with Gasteiger partial charge in [-0.25, -0.2) is 9.97 Å². The molecule has 17 heavy (non-hydrogen) atoms. The number of rotatable bonds is 3. The summed E-state index contributed by atoms with van der Waals surface area (Å²) in [5.41, 5.74) is 1.02. The Labute approximate surface area is 116 Å². The minimum absolute atomic E-state index is 0.838. The molecule has 6 heteroatoms. The molecule has 0 bridgehead atoms. The molecule has 0 atom stereocenters. The topological polar surface area (TPSA) is 25.8 Å². The lowest BCUT2D eigenvalue weighted by atomic mass is 10.5. The Balaban J connectivity index is 1.83. The SMILES string of the molecule is Clc1ccc(CSc2ncnc3ccsc23)s1. The molecule has 0 saturated heterocycles. The zero-order chi connectivity index (χ0) is 11.7. The maximum Gasteiger partial charge on any atom is 0.118 e. The molecule has 0 aliphatic carbocycles. The molecule has 0 spiro atoms. The van der Waals surface area contributed by atoms with Crippen LogP contribution in [0.25, 0.3) is 10.2 Å². The summed E-state index contributed by atoms with van der Waals surface area (Å²) in [6, 6.07) is 6.02. The van der Waals surface area contributed by atoms with Crippen LogP contribution in [0, 0.1) is 0 Å². The quantitative estimate of drug-likeness (QED) is 0.518. The molecule has 0 radical (unpaired) electrons. The van der Waals surface area contributed by atoms with Crippen LogP contribution in [0.5, 0.6) is 0 Å². The van der Waals surface area contributed by atoms with Gasteiger partial charge >= 0.3 is 0 Å². The molecule has 0 unspecified atom stereocenters. The predicted octanol–water partition coefficient (Wildman–Crippen LogP) is 4.70. The number of hydrogen-bond donors (Lipinski definition) is 0. The van der Waals surface area contributed by atoms with Gasteiger partial charge in [0.15, 0.2) is 0 Å². The first-order chi connectivity index (χ1) is 8.33. The van der Waals surface area contributed by atoms with Gasteiger partial charge in [0.05, 0.1) is 14.6 Å². The molecule has 3 aromatic heterocycles. The minimum Gasteiger partial charge on any atom is -0.235 e. The highest BCUT2D eigenvalue weighted by Gasteiger charge is 2.06. The summed E-state index contributed by atoms with van der Waals surface area (Å²) in [5, 5.41) is 3.10. The highest BCUT2D eigenvalue weighted by Crippen LogP contribution is 2.33. The lowest BCUT2D eigenvalue weighted by Gasteiger charge is -1.99. The van der Waals surface area contributed by atoms with E-state index in [0.717, 1.165) is 20.6 Å². The maximum atomic E-state index is 5.91. The number of halogens is 1. The molecule has 2 nitrogen and oxygen atoms in total. The van der Waals surface area contributed by atoms with E-state index in [1.807, 2.05) is 17.5 Å². The standard InChI is InChI=1S/C11H7ClN2S3/c12-9-2-1-7(17-9)5-16-11-10-8(3-4-15-10)13-6-14-11/h1-4,6H,5H2. The lowest BCUT2D eigenvalue weighted by molar-refractivity contribution is 1.11. The van der Waals surface area contributed by atoms with Crippen LogP contribution < -0.4 is 0 Å². The van der Waals surface area contributed by atoms with Crippen LogP contribution in [0.2, 0.25) is 4.34 Å². The highest BCUT2D eigenvalue weighted by molar-refractivity contribution is 7.98. The summed E-state index contributed by atoms with van der Waals surface area (Å²) in [6.07, 6.45) is 1.62. The van der Waals surface area contributed by atoms with E-state index in [-0.39, 0.29) is 0 Å². The van der Waals surface area contributed by atoms with Crippen LogP contribution >= 0.6 is 46.0 Å². The summed E-state index contributed by atoms with van der Waals surface area (Å²) in [5.74, 6) is 0.904. The van der Waals surface area contributed by atoms with Crippen molar-refractivity contribution in [3.05, 3.63) is 39.1 Å². The van der Waals surface area contributed by atoms with Crippen molar-refractivity contribution in [2.45, 2.75) is 10.8 Å². The van der Waals surface area contributed by atoms with Crippen molar-refractivity contribution in [2.24, 2.45) is 0 Å². The van der Waals surface area contributed by atoms with Gasteiger partial charge < -0.3 is 0 Å². The minimum atomic E-state index is 0.838. The summed E-state index contributed by atoms with van der Waals surface area (Å²) < 4.78 is 2.00. The summed E-state index contributed by atoms with van der Waals surface area (Å²) in [6.45, 7) is 0. The van der Waals surface area contributed by atoms with Crippen molar-refractivity contribution in [1.82, 2.24) is 9.97 Å². The van der Waals surface area contributed by atoms with Gasteiger partial charge in [0.2, 0.25) is 0 Å². The number of thiophene rings is 2. The molecule has 3 aromatic rings. The molecule has 0 N–H and O–H groups in total. The third-order valence-electron chi connectivity index (χ3n) is 2.19. The summed E-state index contributed by atoms with van der Waals surface area (Å²) in [7, 11) is 0. The van der Waals surface area contributed by atoms with Gasteiger partial charge in [-0.2, -0.15) is 0 Å². The maximum absolute atomic E-state index is 5.91. The fourth-order valence-corrected chi connectivity index (χ4v) is 4.52. The second-order valence-corrected chi connectivity index (χ2v) is 6.99. The van der Waals surface area contributed by atoms with E-state index in [9.17, 15) is 0 Å². The Kier molecular flexibility index (Phi) is 3.33.